The summed E-state index contributed by atoms with van der Waals surface area (Å²) in [6.07, 6.45) is -1.71. The molecule has 0 radical (unpaired) electrons. The van der Waals surface area contributed by atoms with Gasteiger partial charge in [0.2, 0.25) is 0 Å². The molecular formula is C25H27F3N2O3. The molecule has 2 aromatic carbocycles. The lowest BCUT2D eigenvalue weighted by Crippen LogP contribution is -2.49. The summed E-state index contributed by atoms with van der Waals surface area (Å²) in [5.74, 6) is -0.241. The molecule has 1 saturated heterocycles. The first kappa shape index (κ1) is 23.3. The highest BCUT2D eigenvalue weighted by Gasteiger charge is 2.51. The number of carbonyl (C=O) groups is 2. The van der Waals surface area contributed by atoms with Gasteiger partial charge in [-0.05, 0) is 62.4 Å². The normalized spacial score (nSPS) is 19.1. The zero-order chi connectivity index (χ0) is 23.8. The molecule has 1 N–H and O–H groups in total. The fourth-order valence-electron chi connectivity index (χ4n) is 4.34. The van der Waals surface area contributed by atoms with E-state index in [2.05, 4.69) is 0 Å². The van der Waals surface area contributed by atoms with Crippen LogP contribution in [0.15, 0.2) is 54.6 Å². The molecule has 0 unspecified atom stereocenters. The predicted molar refractivity (Wildman–Crippen MR) is 117 cm³/mol. The molecule has 0 bridgehead atoms. The third-order valence-electron chi connectivity index (χ3n) is 6.59. The molecule has 8 heteroatoms. The Kier molecular flexibility index (Phi) is 6.22. The minimum atomic E-state index is -4.82. The van der Waals surface area contributed by atoms with Crippen molar-refractivity contribution in [3.05, 3.63) is 71.3 Å². The lowest BCUT2D eigenvalue weighted by Gasteiger charge is -2.39. The molecule has 2 fully saturated rings. The van der Waals surface area contributed by atoms with E-state index < -0.39 is 11.8 Å². The molecule has 0 spiro atoms. The molecule has 1 saturated carbocycles. The molecule has 1 aliphatic heterocycles. The Labute approximate surface area is 190 Å². The second-order valence-electron chi connectivity index (χ2n) is 8.98. The minimum Gasteiger partial charge on any atom is -0.376 e. The van der Waals surface area contributed by atoms with Gasteiger partial charge >= 0.3 is 6.18 Å². The van der Waals surface area contributed by atoms with Gasteiger partial charge in [0.1, 0.15) is 0 Å². The number of amides is 2. The van der Waals surface area contributed by atoms with Gasteiger partial charge in [0.25, 0.3) is 11.8 Å². The number of benzene rings is 2. The highest BCUT2D eigenvalue weighted by molar-refractivity contribution is 5.95. The number of halogens is 3. The molecule has 2 aliphatic rings. The first-order chi connectivity index (χ1) is 15.6. The van der Waals surface area contributed by atoms with E-state index in [4.69, 9.17) is 0 Å². The summed E-state index contributed by atoms with van der Waals surface area (Å²) in [6, 6.07) is 14.2. The van der Waals surface area contributed by atoms with Gasteiger partial charge in [0.15, 0.2) is 5.60 Å². The molecule has 2 aromatic rings. The average Bonchev–Trinajstić information content (AvgIpc) is 3.64. The molecule has 5 nitrogen and oxygen atoms in total. The topological polar surface area (TPSA) is 60.9 Å². The Balaban J connectivity index is 1.44. The number of aliphatic hydroxyl groups is 1. The molecule has 1 atom stereocenters. The average molecular weight is 460 g/mol. The van der Waals surface area contributed by atoms with E-state index in [-0.39, 0.29) is 29.5 Å². The van der Waals surface area contributed by atoms with Gasteiger partial charge < -0.3 is 14.9 Å². The van der Waals surface area contributed by atoms with Crippen molar-refractivity contribution in [1.29, 1.82) is 0 Å². The third kappa shape index (κ3) is 4.76. The van der Waals surface area contributed by atoms with Crippen molar-refractivity contribution >= 4 is 11.8 Å². The highest BCUT2D eigenvalue weighted by Crippen LogP contribution is 2.39. The van der Waals surface area contributed by atoms with Crippen LogP contribution >= 0.6 is 0 Å². The number of hydrogen-bond donors (Lipinski definition) is 1. The number of nitrogens with zero attached hydrogens (tertiary/aromatic N) is 2. The molecule has 176 valence electrons. The van der Waals surface area contributed by atoms with Gasteiger partial charge in [-0.15, -0.1) is 0 Å². The highest BCUT2D eigenvalue weighted by atomic mass is 19.4. The van der Waals surface area contributed by atoms with Crippen LogP contribution in [0.1, 0.15) is 58.9 Å². The van der Waals surface area contributed by atoms with E-state index in [1.807, 2.05) is 23.1 Å². The molecule has 2 amide bonds. The van der Waals surface area contributed by atoms with Crippen molar-refractivity contribution in [2.45, 2.75) is 56.5 Å². The van der Waals surface area contributed by atoms with Gasteiger partial charge in [-0.1, -0.05) is 30.3 Å². The summed E-state index contributed by atoms with van der Waals surface area (Å²) < 4.78 is 39.3. The quantitative estimate of drug-likeness (QED) is 0.721. The molecular weight excluding hydrogens is 433 g/mol. The molecule has 0 aromatic heterocycles. The lowest BCUT2D eigenvalue weighted by atomic mass is 9.94. The summed E-state index contributed by atoms with van der Waals surface area (Å²) in [5.41, 5.74) is -2.35. The van der Waals surface area contributed by atoms with Crippen molar-refractivity contribution < 1.29 is 27.9 Å². The van der Waals surface area contributed by atoms with Gasteiger partial charge in [-0.3, -0.25) is 9.59 Å². The van der Waals surface area contributed by atoms with Crippen LogP contribution in [0, 0.1) is 0 Å². The van der Waals surface area contributed by atoms with Crippen LogP contribution in [0.25, 0.3) is 0 Å². The van der Waals surface area contributed by atoms with Crippen LogP contribution < -0.4 is 0 Å². The number of alkyl halides is 3. The van der Waals surface area contributed by atoms with Crippen LogP contribution in [0.3, 0.4) is 0 Å². The fourth-order valence-corrected chi connectivity index (χ4v) is 4.34. The summed E-state index contributed by atoms with van der Waals surface area (Å²) in [5, 5.41) is 9.86. The molecule has 4 rings (SSSR count). The van der Waals surface area contributed by atoms with Gasteiger partial charge in [0, 0.05) is 36.3 Å². The summed E-state index contributed by atoms with van der Waals surface area (Å²) in [4.78, 5) is 29.6. The van der Waals surface area contributed by atoms with Crippen LogP contribution in [0.4, 0.5) is 13.2 Å². The summed E-state index contributed by atoms with van der Waals surface area (Å²) in [7, 11) is 0. The zero-order valence-electron chi connectivity index (χ0n) is 18.4. The summed E-state index contributed by atoms with van der Waals surface area (Å²) in [6.45, 7) is 1.79. The second-order valence-corrected chi connectivity index (χ2v) is 8.98. The Hall–Kier alpha value is -2.87. The number of likely N-dealkylation sites (tertiary alicyclic amines) is 1. The second kappa shape index (κ2) is 8.82. The number of rotatable bonds is 5. The maximum Gasteiger partial charge on any atom is 0.421 e. The van der Waals surface area contributed by atoms with Crippen molar-refractivity contribution in [3.8, 4) is 0 Å². The van der Waals surface area contributed by atoms with Crippen LogP contribution in [-0.2, 0) is 5.60 Å². The van der Waals surface area contributed by atoms with E-state index in [0.29, 0.717) is 44.0 Å². The molecule has 1 aliphatic carbocycles. The van der Waals surface area contributed by atoms with E-state index in [0.717, 1.165) is 25.0 Å². The van der Waals surface area contributed by atoms with Crippen LogP contribution in [0.5, 0.6) is 0 Å². The minimum absolute atomic E-state index is 0.0225. The van der Waals surface area contributed by atoms with Crippen molar-refractivity contribution in [2.75, 3.05) is 13.1 Å². The first-order valence-electron chi connectivity index (χ1n) is 11.2. The standard InChI is InChI=1S/C25H27F3N2O3/c1-24(33,25(26,27)28)19-9-7-18(8-10-19)23(32)30(20-11-12-20)21-13-15-29(16-14-21)22(31)17-5-3-2-4-6-17/h2-10,20-21,33H,11-16H2,1H3/t24-/m0/s1. The smallest absolute Gasteiger partial charge is 0.376 e. The van der Waals surface area contributed by atoms with Crippen molar-refractivity contribution in [1.82, 2.24) is 9.80 Å². The van der Waals surface area contributed by atoms with E-state index >= 15 is 0 Å². The van der Waals surface area contributed by atoms with Crippen molar-refractivity contribution in [3.63, 3.8) is 0 Å². The number of carbonyl (C=O) groups excluding carboxylic acids is 2. The van der Waals surface area contributed by atoms with E-state index in [1.165, 1.54) is 12.1 Å². The third-order valence-corrected chi connectivity index (χ3v) is 6.59. The lowest BCUT2D eigenvalue weighted by molar-refractivity contribution is -0.258. The SMILES string of the molecule is C[C@](O)(c1ccc(C(=O)N(C2CC2)C2CCN(C(=O)c3ccccc3)CC2)cc1)C(F)(F)F. The largest absolute Gasteiger partial charge is 0.421 e. The monoisotopic (exact) mass is 460 g/mol. The fraction of sp³-hybridized carbons (Fsp3) is 0.440. The van der Waals surface area contributed by atoms with Gasteiger partial charge in [-0.2, -0.15) is 13.2 Å². The van der Waals surface area contributed by atoms with Crippen LogP contribution in [-0.4, -0.2) is 58.1 Å². The van der Waals surface area contributed by atoms with E-state index in [9.17, 15) is 27.9 Å². The Morgan fingerprint density at radius 1 is 0.879 bits per heavy atom. The first-order valence-corrected chi connectivity index (χ1v) is 11.2. The van der Waals surface area contributed by atoms with Gasteiger partial charge in [0.05, 0.1) is 0 Å². The maximum atomic E-state index is 13.3. The molecule has 1 heterocycles. The summed E-state index contributed by atoms with van der Waals surface area (Å²) >= 11 is 0. The maximum absolute atomic E-state index is 13.3. The predicted octanol–water partition coefficient (Wildman–Crippen LogP) is 4.37. The number of piperidine rings is 1. The van der Waals surface area contributed by atoms with Crippen molar-refractivity contribution in [2.24, 2.45) is 0 Å². The van der Waals surface area contributed by atoms with Crippen LogP contribution in [0.2, 0.25) is 0 Å². The Morgan fingerprint density at radius 2 is 1.42 bits per heavy atom. The number of hydrogen-bond acceptors (Lipinski definition) is 3. The molecule has 33 heavy (non-hydrogen) atoms. The Bertz CT molecular complexity index is 994. The Morgan fingerprint density at radius 3 is 1.94 bits per heavy atom. The zero-order valence-corrected chi connectivity index (χ0v) is 18.4. The van der Waals surface area contributed by atoms with E-state index in [1.54, 1.807) is 17.0 Å². The van der Waals surface area contributed by atoms with Gasteiger partial charge in [-0.25, -0.2) is 0 Å².